The number of hydrogen-bond acceptors (Lipinski definition) is 5. The van der Waals surface area contributed by atoms with Crippen LogP contribution in [0.4, 0.5) is 0 Å². The van der Waals surface area contributed by atoms with Crippen molar-refractivity contribution in [3.8, 4) is 17.2 Å². The van der Waals surface area contributed by atoms with E-state index in [-0.39, 0.29) is 0 Å². The van der Waals surface area contributed by atoms with Crippen LogP contribution >= 0.6 is 22.6 Å². The molecule has 23 heavy (non-hydrogen) atoms. The Kier molecular flexibility index (Phi) is 6.52. The van der Waals surface area contributed by atoms with Gasteiger partial charge in [-0.25, -0.2) is 0 Å². The van der Waals surface area contributed by atoms with Gasteiger partial charge in [-0.15, -0.1) is 0 Å². The Hall–Kier alpha value is -1.96. The zero-order valence-electron chi connectivity index (χ0n) is 13.3. The van der Waals surface area contributed by atoms with Gasteiger partial charge < -0.3 is 19.6 Å². The molecular formula is C17H19IN2O3. The minimum Gasteiger partial charge on any atom is -0.496 e. The van der Waals surface area contributed by atoms with Crippen LogP contribution in [0.15, 0.2) is 41.5 Å². The Labute approximate surface area is 149 Å². The summed E-state index contributed by atoms with van der Waals surface area (Å²) in [5, 5.41) is 4.25. The van der Waals surface area contributed by atoms with E-state index in [1.54, 1.807) is 27.5 Å². The molecule has 0 aliphatic carbocycles. The molecule has 0 fully saturated rings. The van der Waals surface area contributed by atoms with Crippen LogP contribution < -0.4 is 19.6 Å². The monoisotopic (exact) mass is 426 g/mol. The van der Waals surface area contributed by atoms with Crippen molar-refractivity contribution in [3.63, 3.8) is 0 Å². The molecule has 0 atom stereocenters. The van der Waals surface area contributed by atoms with Gasteiger partial charge in [0.2, 0.25) is 0 Å². The Bertz CT molecular complexity index is 690. The molecule has 2 aromatic carbocycles. The van der Waals surface area contributed by atoms with E-state index in [1.165, 1.54) is 0 Å². The maximum atomic E-state index is 5.34. The third-order valence-corrected chi connectivity index (χ3v) is 4.02. The van der Waals surface area contributed by atoms with Crippen LogP contribution in [0.2, 0.25) is 0 Å². The van der Waals surface area contributed by atoms with E-state index in [9.17, 15) is 0 Å². The van der Waals surface area contributed by atoms with Crippen LogP contribution in [0, 0.1) is 3.57 Å². The highest BCUT2D eigenvalue weighted by atomic mass is 127. The van der Waals surface area contributed by atoms with Crippen molar-refractivity contribution in [2.75, 3.05) is 21.3 Å². The summed E-state index contributed by atoms with van der Waals surface area (Å²) in [5.41, 5.74) is 5.01. The lowest BCUT2D eigenvalue weighted by Crippen LogP contribution is -2.07. The van der Waals surface area contributed by atoms with Gasteiger partial charge in [0, 0.05) is 5.56 Å². The molecule has 0 spiro atoms. The van der Waals surface area contributed by atoms with Gasteiger partial charge in [0.15, 0.2) is 11.5 Å². The lowest BCUT2D eigenvalue weighted by molar-refractivity contribution is 0.353. The molecule has 2 rings (SSSR count). The molecule has 122 valence electrons. The molecular weight excluding hydrogens is 407 g/mol. The molecule has 0 unspecified atom stereocenters. The molecule has 2 aromatic rings. The van der Waals surface area contributed by atoms with Crippen molar-refractivity contribution in [1.29, 1.82) is 0 Å². The highest BCUT2D eigenvalue weighted by Crippen LogP contribution is 2.33. The third kappa shape index (κ3) is 4.51. The fourth-order valence-electron chi connectivity index (χ4n) is 2.11. The van der Waals surface area contributed by atoms with Crippen molar-refractivity contribution in [3.05, 3.63) is 51.1 Å². The van der Waals surface area contributed by atoms with Crippen molar-refractivity contribution in [1.82, 2.24) is 5.43 Å². The summed E-state index contributed by atoms with van der Waals surface area (Å²) in [5.74, 6) is 2.26. The van der Waals surface area contributed by atoms with Crippen LogP contribution in [0.25, 0.3) is 0 Å². The van der Waals surface area contributed by atoms with Crippen LogP contribution in [0.1, 0.15) is 11.1 Å². The Morgan fingerprint density at radius 2 is 1.78 bits per heavy atom. The first-order valence-corrected chi connectivity index (χ1v) is 8.06. The SMILES string of the molecule is COc1ccccc1CN/N=C\c1cc(I)c(OC)c(OC)c1. The van der Waals surface area contributed by atoms with Gasteiger partial charge in [-0.2, -0.15) is 5.10 Å². The number of hydrazone groups is 1. The second-order valence-corrected chi connectivity index (χ2v) is 5.81. The number of ether oxygens (including phenoxy) is 3. The largest absolute Gasteiger partial charge is 0.496 e. The van der Waals surface area contributed by atoms with Gasteiger partial charge in [0.25, 0.3) is 0 Å². The number of methoxy groups -OCH3 is 3. The molecule has 0 saturated carbocycles. The van der Waals surface area contributed by atoms with E-state index < -0.39 is 0 Å². The van der Waals surface area contributed by atoms with Gasteiger partial charge in [0.05, 0.1) is 37.7 Å². The smallest absolute Gasteiger partial charge is 0.174 e. The average molecular weight is 426 g/mol. The van der Waals surface area contributed by atoms with Crippen molar-refractivity contribution in [2.45, 2.75) is 6.54 Å². The standard InChI is InChI=1S/C17H19IN2O3/c1-21-15-7-5-4-6-13(15)11-20-19-10-12-8-14(18)17(23-3)16(9-12)22-2/h4-10,20H,11H2,1-3H3/b19-10-. The summed E-state index contributed by atoms with van der Waals surface area (Å²) in [6, 6.07) is 11.7. The highest BCUT2D eigenvalue weighted by Gasteiger charge is 2.09. The number of para-hydroxylation sites is 1. The molecule has 1 N–H and O–H groups in total. The van der Waals surface area contributed by atoms with E-state index in [0.29, 0.717) is 12.3 Å². The van der Waals surface area contributed by atoms with Crippen molar-refractivity contribution >= 4 is 28.8 Å². The van der Waals surface area contributed by atoms with Gasteiger partial charge in [-0.05, 0) is 46.4 Å². The molecule has 0 aliphatic heterocycles. The Morgan fingerprint density at radius 3 is 2.48 bits per heavy atom. The summed E-state index contributed by atoms with van der Waals surface area (Å²) >= 11 is 2.21. The minimum atomic E-state index is 0.588. The quantitative estimate of drug-likeness (QED) is 0.419. The van der Waals surface area contributed by atoms with E-state index >= 15 is 0 Å². The maximum absolute atomic E-state index is 5.34. The lowest BCUT2D eigenvalue weighted by atomic mass is 10.2. The van der Waals surface area contributed by atoms with Gasteiger partial charge in [0.1, 0.15) is 5.75 Å². The van der Waals surface area contributed by atoms with Crippen LogP contribution in [-0.2, 0) is 6.54 Å². The highest BCUT2D eigenvalue weighted by molar-refractivity contribution is 14.1. The van der Waals surface area contributed by atoms with Crippen LogP contribution in [-0.4, -0.2) is 27.5 Å². The van der Waals surface area contributed by atoms with Crippen molar-refractivity contribution in [2.24, 2.45) is 5.10 Å². The maximum Gasteiger partial charge on any atom is 0.174 e. The zero-order valence-corrected chi connectivity index (χ0v) is 15.5. The summed E-state index contributed by atoms with van der Waals surface area (Å²) in [7, 11) is 4.91. The van der Waals surface area contributed by atoms with Crippen LogP contribution in [0.3, 0.4) is 0 Å². The molecule has 0 amide bonds. The predicted molar refractivity (Wildman–Crippen MR) is 99.7 cm³/mol. The number of hydrogen-bond donors (Lipinski definition) is 1. The number of benzene rings is 2. The van der Waals surface area contributed by atoms with Gasteiger partial charge >= 0.3 is 0 Å². The fraction of sp³-hybridized carbons (Fsp3) is 0.235. The molecule has 5 nitrogen and oxygen atoms in total. The molecule has 0 bridgehead atoms. The fourth-order valence-corrected chi connectivity index (χ4v) is 2.96. The molecule has 0 aromatic heterocycles. The number of nitrogens with one attached hydrogen (secondary N) is 1. The Morgan fingerprint density at radius 1 is 1.04 bits per heavy atom. The lowest BCUT2D eigenvalue weighted by Gasteiger charge is -2.10. The van der Waals surface area contributed by atoms with Crippen molar-refractivity contribution < 1.29 is 14.2 Å². The minimum absolute atomic E-state index is 0.588. The van der Waals surface area contributed by atoms with Gasteiger partial charge in [-0.1, -0.05) is 18.2 Å². The zero-order chi connectivity index (χ0) is 16.7. The normalized spacial score (nSPS) is 10.6. The molecule has 0 aliphatic rings. The van der Waals surface area contributed by atoms with E-state index in [1.807, 2.05) is 36.4 Å². The van der Waals surface area contributed by atoms with Crippen LogP contribution in [0.5, 0.6) is 17.2 Å². The van der Waals surface area contributed by atoms with E-state index in [0.717, 1.165) is 26.2 Å². The molecule has 0 heterocycles. The first kappa shape index (κ1) is 17.4. The Balaban J connectivity index is 2.05. The second kappa shape index (κ2) is 8.61. The average Bonchev–Trinajstić information content (AvgIpc) is 2.58. The predicted octanol–water partition coefficient (Wildman–Crippen LogP) is 3.44. The first-order chi connectivity index (χ1) is 11.2. The number of halogens is 1. The number of rotatable bonds is 7. The molecule has 0 radical (unpaired) electrons. The van der Waals surface area contributed by atoms with Gasteiger partial charge in [-0.3, -0.25) is 0 Å². The molecule has 6 heteroatoms. The summed E-state index contributed by atoms with van der Waals surface area (Å²) < 4.78 is 16.9. The van der Waals surface area contributed by atoms with E-state index in [2.05, 4.69) is 33.1 Å². The van der Waals surface area contributed by atoms with E-state index in [4.69, 9.17) is 14.2 Å². The first-order valence-electron chi connectivity index (χ1n) is 6.99. The summed E-state index contributed by atoms with van der Waals surface area (Å²) in [4.78, 5) is 0. The number of nitrogens with zero attached hydrogens (tertiary/aromatic N) is 1. The summed E-state index contributed by atoms with van der Waals surface area (Å²) in [6.45, 7) is 0.588. The molecule has 0 saturated heterocycles. The second-order valence-electron chi connectivity index (χ2n) is 4.64. The summed E-state index contributed by atoms with van der Waals surface area (Å²) in [6.07, 6.45) is 1.75. The third-order valence-electron chi connectivity index (χ3n) is 3.22. The topological polar surface area (TPSA) is 52.1 Å².